The second kappa shape index (κ2) is 18.2. The predicted octanol–water partition coefficient (Wildman–Crippen LogP) is 3.35. The van der Waals surface area contributed by atoms with Crippen LogP contribution in [0.1, 0.15) is 99.1 Å². The van der Waals surface area contributed by atoms with E-state index in [0.29, 0.717) is 12.0 Å². The summed E-state index contributed by atoms with van der Waals surface area (Å²) in [6, 6.07) is 4.10. The molecule has 3 fully saturated rings. The van der Waals surface area contributed by atoms with Crippen molar-refractivity contribution in [3.8, 4) is 39.9 Å². The Labute approximate surface area is 383 Å². The quantitative estimate of drug-likeness (QED) is 0.0835. The fraction of sp³-hybridized carbons (Fsp3) is 0.574. The van der Waals surface area contributed by atoms with Gasteiger partial charge >= 0.3 is 5.97 Å². The molecular weight excluding hydrogens is 884 g/mol. The molecule has 0 bridgehead atoms. The molecule has 5 heterocycles. The molecule has 1 aliphatic carbocycles. The third-order valence-corrected chi connectivity index (χ3v) is 13.7. The highest BCUT2D eigenvalue weighted by Crippen LogP contribution is 2.58. The maximum Gasteiger partial charge on any atom is 0.342 e. The fourth-order valence-electron chi connectivity index (χ4n) is 10.2. The maximum atomic E-state index is 14.6. The summed E-state index contributed by atoms with van der Waals surface area (Å²) in [4.78, 5) is 27.9. The van der Waals surface area contributed by atoms with E-state index < -0.39 is 132 Å². The number of cyclic esters (lactones) is 1. The Morgan fingerprint density at radius 3 is 2.09 bits per heavy atom. The maximum absolute atomic E-state index is 14.6. The molecule has 20 nitrogen and oxygen atoms in total. The van der Waals surface area contributed by atoms with E-state index in [4.69, 9.17) is 47.0 Å². The van der Waals surface area contributed by atoms with Crippen molar-refractivity contribution in [1.82, 2.24) is 0 Å². The molecule has 1 aromatic heterocycles. The van der Waals surface area contributed by atoms with Crippen LogP contribution in [0.4, 0.5) is 0 Å². The van der Waals surface area contributed by atoms with E-state index in [-0.39, 0.29) is 76.2 Å². The van der Waals surface area contributed by atoms with Crippen molar-refractivity contribution in [2.24, 2.45) is 0 Å². The SMILES string of the molecule is CCCC1Cc2cc3c(c(O)c2C(=O)O1)-c1c(c(OC)c2oc4ccc(O[C@H]5C[C@@H](O[C@H]6C[C@@H](O)[C@H](O[C@H]7C[C@H](OC)[C@H](O)[C@@H](C)O7)[C@@H](C)O6)[C@H](O)[C@@H](C)O5)c(O)c4c(=O)c2c1O)C(O)C3O. The summed E-state index contributed by atoms with van der Waals surface area (Å²) >= 11 is 0. The number of carbonyl (C=O) groups is 1. The highest BCUT2D eigenvalue weighted by molar-refractivity contribution is 6.07. The minimum absolute atomic E-state index is 0.0163. The molecule has 8 N–H and O–H groups in total. The van der Waals surface area contributed by atoms with Crippen LogP contribution in [-0.4, -0.2) is 141 Å². The van der Waals surface area contributed by atoms with E-state index in [2.05, 4.69) is 0 Å². The monoisotopic (exact) mass is 940 g/mol. The lowest BCUT2D eigenvalue weighted by atomic mass is 9.77. The lowest BCUT2D eigenvalue weighted by Crippen LogP contribution is -2.56. The smallest absolute Gasteiger partial charge is 0.342 e. The molecule has 0 saturated carbocycles. The Kier molecular flexibility index (Phi) is 12.9. The predicted molar refractivity (Wildman–Crippen MR) is 231 cm³/mol. The molecule has 3 unspecified atom stereocenters. The van der Waals surface area contributed by atoms with Gasteiger partial charge in [0.05, 0.1) is 43.7 Å². The fourth-order valence-corrected chi connectivity index (χ4v) is 10.2. The van der Waals surface area contributed by atoms with Crippen molar-refractivity contribution in [1.29, 1.82) is 0 Å². The highest BCUT2D eigenvalue weighted by Gasteiger charge is 2.47. The van der Waals surface area contributed by atoms with E-state index in [1.54, 1.807) is 20.8 Å². The van der Waals surface area contributed by atoms with E-state index in [0.717, 1.165) is 6.42 Å². The molecule has 0 radical (unpaired) electrons. The first-order chi connectivity index (χ1) is 31.9. The third-order valence-electron chi connectivity index (χ3n) is 13.7. The van der Waals surface area contributed by atoms with Gasteiger partial charge in [-0.05, 0) is 50.5 Å². The number of fused-ring (bicyclic) bond motifs is 6. The molecular formula is C47H56O20. The lowest BCUT2D eigenvalue weighted by Gasteiger charge is -2.44. The number of carbonyl (C=O) groups excluding carboxylic acids is 1. The number of hydrogen-bond donors (Lipinski definition) is 8. The van der Waals surface area contributed by atoms with Crippen LogP contribution < -0.4 is 14.9 Å². The van der Waals surface area contributed by atoms with Gasteiger partial charge in [-0.1, -0.05) is 19.4 Å². The van der Waals surface area contributed by atoms with Crippen molar-refractivity contribution in [2.45, 2.75) is 158 Å². The van der Waals surface area contributed by atoms with E-state index in [1.807, 2.05) is 6.92 Å². The normalized spacial score (nSPS) is 34.0. The van der Waals surface area contributed by atoms with Crippen LogP contribution in [-0.2, 0) is 39.6 Å². The molecule has 364 valence electrons. The summed E-state index contributed by atoms with van der Waals surface area (Å²) in [7, 11) is 2.70. The number of rotatable bonds is 10. The van der Waals surface area contributed by atoms with E-state index in [1.165, 1.54) is 32.4 Å². The molecule has 5 aliphatic rings. The van der Waals surface area contributed by atoms with Gasteiger partial charge in [0.2, 0.25) is 11.7 Å². The van der Waals surface area contributed by atoms with E-state index >= 15 is 0 Å². The van der Waals surface area contributed by atoms with Crippen LogP contribution in [0, 0.1) is 0 Å². The molecule has 20 heteroatoms. The molecule has 3 saturated heterocycles. The summed E-state index contributed by atoms with van der Waals surface area (Å²) < 4.78 is 59.0. The molecule has 3 aromatic carbocycles. The van der Waals surface area contributed by atoms with Gasteiger partial charge in [-0.25, -0.2) is 4.79 Å². The number of esters is 1. The second-order valence-electron chi connectivity index (χ2n) is 18.0. The summed E-state index contributed by atoms with van der Waals surface area (Å²) in [5, 5.41) is 90.2. The number of phenolic OH excluding ortho intramolecular Hbond substituents is 3. The molecule has 4 aliphatic heterocycles. The number of aromatic hydroxyl groups is 3. The number of benzene rings is 3. The average Bonchev–Trinajstić information content (AvgIpc) is 3.27. The average molecular weight is 941 g/mol. The van der Waals surface area contributed by atoms with Gasteiger partial charge in [0, 0.05) is 49.5 Å². The Hall–Kier alpha value is -4.84. The Bertz CT molecular complexity index is 2600. The van der Waals surface area contributed by atoms with Crippen LogP contribution in [0.25, 0.3) is 33.1 Å². The third kappa shape index (κ3) is 8.04. The number of methoxy groups -OCH3 is 2. The van der Waals surface area contributed by atoms with Gasteiger partial charge in [-0.15, -0.1) is 0 Å². The van der Waals surface area contributed by atoms with Gasteiger partial charge in [0.1, 0.15) is 70.0 Å². The van der Waals surface area contributed by atoms with Gasteiger partial charge in [0.15, 0.2) is 35.4 Å². The van der Waals surface area contributed by atoms with Crippen LogP contribution >= 0.6 is 0 Å². The molecule has 15 atom stereocenters. The first-order valence-corrected chi connectivity index (χ1v) is 22.5. The second-order valence-corrected chi connectivity index (χ2v) is 18.0. The minimum Gasteiger partial charge on any atom is -0.506 e. The van der Waals surface area contributed by atoms with Crippen molar-refractivity contribution < 1.29 is 92.7 Å². The number of hydrogen-bond acceptors (Lipinski definition) is 20. The van der Waals surface area contributed by atoms with Gasteiger partial charge in [0.25, 0.3) is 0 Å². The molecule has 0 spiro atoms. The Morgan fingerprint density at radius 2 is 1.40 bits per heavy atom. The van der Waals surface area contributed by atoms with Crippen LogP contribution in [0.2, 0.25) is 0 Å². The van der Waals surface area contributed by atoms with Crippen molar-refractivity contribution >= 4 is 27.9 Å². The Morgan fingerprint density at radius 1 is 0.731 bits per heavy atom. The molecule has 0 amide bonds. The Balaban J connectivity index is 0.994. The molecule has 4 aromatic rings. The summed E-state index contributed by atoms with van der Waals surface area (Å²) in [6.07, 6.45) is -12.8. The first-order valence-electron chi connectivity index (χ1n) is 22.5. The van der Waals surface area contributed by atoms with Crippen molar-refractivity contribution in [3.05, 3.63) is 50.7 Å². The molecule has 9 rings (SSSR count). The lowest BCUT2D eigenvalue weighted by molar-refractivity contribution is -0.328. The topological polar surface area (TPSA) is 292 Å². The van der Waals surface area contributed by atoms with E-state index in [9.17, 15) is 50.4 Å². The van der Waals surface area contributed by atoms with Crippen LogP contribution in [0.3, 0.4) is 0 Å². The van der Waals surface area contributed by atoms with Crippen molar-refractivity contribution in [2.75, 3.05) is 14.2 Å². The number of ether oxygens (including phenoxy) is 9. The number of aliphatic hydroxyl groups excluding tert-OH is 5. The summed E-state index contributed by atoms with van der Waals surface area (Å²) in [5.74, 6) is -3.49. The largest absolute Gasteiger partial charge is 0.506 e. The van der Waals surface area contributed by atoms with Crippen LogP contribution in [0.5, 0.6) is 28.7 Å². The molecule has 67 heavy (non-hydrogen) atoms. The van der Waals surface area contributed by atoms with Crippen LogP contribution in [0.15, 0.2) is 27.4 Å². The number of phenols is 3. The standard InChI is InChI=1S/C47H56O20/c1-7-8-20-11-19-12-21-31(40(53)30(19)47(57)63-20)33-34(43(56)38(21)51)45(59-6)46-35(42(33)55)41(54)32-23(66-46)9-10-24(39(32)52)64-28-15-26(37(50)17(3)60-28)65-27-13-22(48)44(18(4)62-27)67-29-14-25(58-5)36(49)16(2)61-29/h9-10,12,16-18,20,22,25-29,36-38,43-44,48-53,55-56H,7-8,11,13-15H2,1-6H3/t16-,17-,18-,20?,22-,25+,26-,27+,28+,29+,36-,37-,38?,43?,44-/m1/s1. The zero-order valence-corrected chi connectivity index (χ0v) is 37.6. The zero-order valence-electron chi connectivity index (χ0n) is 37.6. The van der Waals surface area contributed by atoms with Gasteiger partial charge in [-0.2, -0.15) is 0 Å². The highest BCUT2D eigenvalue weighted by atomic mass is 16.7. The summed E-state index contributed by atoms with van der Waals surface area (Å²) in [5.41, 5.74) is -2.12. The first kappa shape index (κ1) is 47.2. The number of aliphatic hydroxyl groups is 5. The summed E-state index contributed by atoms with van der Waals surface area (Å²) in [6.45, 7) is 6.91. The minimum atomic E-state index is -1.77. The van der Waals surface area contributed by atoms with Crippen molar-refractivity contribution in [3.63, 3.8) is 0 Å². The zero-order chi connectivity index (χ0) is 47.9. The van der Waals surface area contributed by atoms with Gasteiger partial charge in [-0.3, -0.25) is 4.79 Å². The van der Waals surface area contributed by atoms with Gasteiger partial charge < -0.3 is 87.9 Å².